The molecule has 6 heteroatoms. The number of amides is 1. The maximum absolute atomic E-state index is 12.2. The molecule has 1 amide bonds. The summed E-state index contributed by atoms with van der Waals surface area (Å²) in [6, 6.07) is 13.0. The number of nitrogens with zero attached hydrogens (tertiary/aromatic N) is 2. The van der Waals surface area contributed by atoms with Crippen molar-refractivity contribution in [1.29, 1.82) is 0 Å². The van der Waals surface area contributed by atoms with E-state index in [0.717, 1.165) is 42.2 Å². The first kappa shape index (κ1) is 18.2. The summed E-state index contributed by atoms with van der Waals surface area (Å²) in [5.74, 6) is 0.759. The van der Waals surface area contributed by atoms with Crippen LogP contribution in [0.25, 0.3) is 10.8 Å². The number of carbonyl (C=O) groups is 1. The topological polar surface area (TPSA) is 73.2 Å². The Morgan fingerprint density at radius 2 is 1.96 bits per heavy atom. The second kappa shape index (κ2) is 8.25. The molecule has 0 spiro atoms. The molecule has 1 fully saturated rings. The van der Waals surface area contributed by atoms with Crippen LogP contribution in [0, 0.1) is 0 Å². The molecule has 1 N–H and O–H groups in total. The fourth-order valence-electron chi connectivity index (χ4n) is 3.72. The maximum Gasteiger partial charge on any atom is 0.250 e. The summed E-state index contributed by atoms with van der Waals surface area (Å²) >= 11 is 0. The Balaban J connectivity index is 1.30. The zero-order valence-electron chi connectivity index (χ0n) is 15.6. The number of aromatic nitrogens is 2. The molecule has 0 radical (unpaired) electrons. The Hall–Kier alpha value is -3.15. The number of rotatable bonds is 5. The predicted octanol–water partition coefficient (Wildman–Crippen LogP) is 2.90. The van der Waals surface area contributed by atoms with Gasteiger partial charge < -0.3 is 14.6 Å². The van der Waals surface area contributed by atoms with Crippen LogP contribution in [0.2, 0.25) is 0 Å². The summed E-state index contributed by atoms with van der Waals surface area (Å²) in [5.41, 5.74) is -0.167. The lowest BCUT2D eigenvalue weighted by Crippen LogP contribution is -2.42. The SMILES string of the molecule is O=C(Cn1ccccc1=O)NC1CCC(Oc2cccc3cnccc23)CC1. The number of hydrogen-bond donors (Lipinski definition) is 1. The molecule has 1 aromatic carbocycles. The standard InChI is InChI=1S/C22H23N3O3/c26-21(15-25-13-2-1-6-22(25)27)24-17-7-9-18(10-8-17)28-20-5-3-4-16-14-23-12-11-19(16)20/h1-6,11-14,17-18H,7-10,15H2,(H,24,26). The molecule has 28 heavy (non-hydrogen) atoms. The normalized spacial score (nSPS) is 19.3. The van der Waals surface area contributed by atoms with Crippen molar-refractivity contribution in [3.05, 3.63) is 71.4 Å². The van der Waals surface area contributed by atoms with Crippen molar-refractivity contribution < 1.29 is 9.53 Å². The van der Waals surface area contributed by atoms with Crippen molar-refractivity contribution in [3.63, 3.8) is 0 Å². The van der Waals surface area contributed by atoms with Gasteiger partial charge in [-0.25, -0.2) is 0 Å². The number of hydrogen-bond acceptors (Lipinski definition) is 4. The minimum Gasteiger partial charge on any atom is -0.490 e. The van der Waals surface area contributed by atoms with Crippen LogP contribution in [0.1, 0.15) is 25.7 Å². The second-order valence-electron chi connectivity index (χ2n) is 7.18. The molecule has 0 saturated heterocycles. The van der Waals surface area contributed by atoms with Crippen molar-refractivity contribution in [1.82, 2.24) is 14.9 Å². The molecule has 3 aromatic rings. The summed E-state index contributed by atoms with van der Waals surface area (Å²) in [7, 11) is 0. The van der Waals surface area contributed by atoms with Crippen LogP contribution in [-0.2, 0) is 11.3 Å². The number of carbonyl (C=O) groups excluding carboxylic acids is 1. The van der Waals surface area contributed by atoms with Crippen molar-refractivity contribution in [2.45, 2.75) is 44.4 Å². The van der Waals surface area contributed by atoms with Crippen molar-refractivity contribution in [3.8, 4) is 5.75 Å². The highest BCUT2D eigenvalue weighted by Gasteiger charge is 2.24. The Bertz CT molecular complexity index is 1020. The van der Waals surface area contributed by atoms with Crippen LogP contribution in [0.5, 0.6) is 5.75 Å². The van der Waals surface area contributed by atoms with E-state index in [1.165, 1.54) is 10.6 Å². The predicted molar refractivity (Wildman–Crippen MR) is 107 cm³/mol. The van der Waals surface area contributed by atoms with Crippen LogP contribution in [0.15, 0.2) is 65.8 Å². The first-order valence-electron chi connectivity index (χ1n) is 9.63. The third-order valence-corrected chi connectivity index (χ3v) is 5.19. The van der Waals surface area contributed by atoms with Crippen molar-refractivity contribution >= 4 is 16.7 Å². The van der Waals surface area contributed by atoms with Crippen LogP contribution in [0.3, 0.4) is 0 Å². The number of pyridine rings is 2. The van der Waals surface area contributed by atoms with Gasteiger partial charge in [0.15, 0.2) is 0 Å². The average Bonchev–Trinajstić information content (AvgIpc) is 2.71. The summed E-state index contributed by atoms with van der Waals surface area (Å²) in [4.78, 5) is 28.1. The largest absolute Gasteiger partial charge is 0.490 e. The zero-order valence-corrected chi connectivity index (χ0v) is 15.6. The van der Waals surface area contributed by atoms with Gasteiger partial charge in [0, 0.05) is 41.5 Å². The van der Waals surface area contributed by atoms with Crippen molar-refractivity contribution in [2.75, 3.05) is 0 Å². The van der Waals surface area contributed by atoms with Gasteiger partial charge in [-0.15, -0.1) is 0 Å². The average molecular weight is 377 g/mol. The maximum atomic E-state index is 12.2. The molecule has 1 aliphatic rings. The van der Waals surface area contributed by atoms with Crippen LogP contribution < -0.4 is 15.6 Å². The first-order valence-corrected chi connectivity index (χ1v) is 9.63. The molecule has 4 rings (SSSR count). The smallest absolute Gasteiger partial charge is 0.250 e. The molecule has 144 valence electrons. The van der Waals surface area contributed by atoms with Gasteiger partial charge in [-0.3, -0.25) is 14.6 Å². The molecule has 0 bridgehead atoms. The molecular formula is C22H23N3O3. The van der Waals surface area contributed by atoms with E-state index in [2.05, 4.69) is 10.3 Å². The molecule has 6 nitrogen and oxygen atoms in total. The number of fused-ring (bicyclic) bond motifs is 1. The van der Waals surface area contributed by atoms with Gasteiger partial charge in [0.1, 0.15) is 12.3 Å². The van der Waals surface area contributed by atoms with Gasteiger partial charge in [-0.2, -0.15) is 0 Å². The van der Waals surface area contributed by atoms with Crippen LogP contribution in [-0.4, -0.2) is 27.6 Å². The molecule has 1 aliphatic carbocycles. The molecule has 0 aliphatic heterocycles. The summed E-state index contributed by atoms with van der Waals surface area (Å²) in [6.45, 7) is 0.0557. The van der Waals surface area contributed by atoms with Gasteiger partial charge in [0.05, 0.1) is 6.10 Å². The van der Waals surface area contributed by atoms with Crippen molar-refractivity contribution in [2.24, 2.45) is 0 Å². The first-order chi connectivity index (χ1) is 13.7. The third kappa shape index (κ3) is 4.22. The van der Waals surface area contributed by atoms with Gasteiger partial charge in [-0.1, -0.05) is 18.2 Å². The molecular weight excluding hydrogens is 354 g/mol. The van der Waals surface area contributed by atoms with Gasteiger partial charge >= 0.3 is 0 Å². The van der Waals surface area contributed by atoms with Gasteiger partial charge in [0.2, 0.25) is 5.91 Å². The Kier molecular flexibility index (Phi) is 5.37. The lowest BCUT2D eigenvalue weighted by molar-refractivity contribution is -0.122. The number of nitrogens with one attached hydrogen (secondary N) is 1. The fraction of sp³-hybridized carbons (Fsp3) is 0.318. The van der Waals surface area contributed by atoms with E-state index in [-0.39, 0.29) is 30.2 Å². The Morgan fingerprint density at radius 3 is 2.79 bits per heavy atom. The summed E-state index contributed by atoms with van der Waals surface area (Å²) in [5, 5.41) is 5.18. The minimum absolute atomic E-state index is 0.0557. The monoisotopic (exact) mass is 377 g/mol. The molecule has 2 heterocycles. The lowest BCUT2D eigenvalue weighted by Gasteiger charge is -2.30. The molecule has 0 atom stereocenters. The van der Waals surface area contributed by atoms with E-state index in [9.17, 15) is 9.59 Å². The quantitative estimate of drug-likeness (QED) is 0.742. The van der Waals surface area contributed by atoms with E-state index in [1.54, 1.807) is 24.5 Å². The van der Waals surface area contributed by atoms with E-state index < -0.39 is 0 Å². The molecule has 1 saturated carbocycles. The highest BCUT2D eigenvalue weighted by Crippen LogP contribution is 2.29. The van der Waals surface area contributed by atoms with Crippen LogP contribution >= 0.6 is 0 Å². The Labute approximate surface area is 163 Å². The fourth-order valence-corrected chi connectivity index (χ4v) is 3.72. The van der Waals surface area contributed by atoms with E-state index in [4.69, 9.17) is 4.74 Å². The molecule has 0 unspecified atom stereocenters. The zero-order chi connectivity index (χ0) is 19.3. The number of benzene rings is 1. The van der Waals surface area contributed by atoms with Gasteiger partial charge in [-0.05, 0) is 43.9 Å². The Morgan fingerprint density at radius 1 is 1.11 bits per heavy atom. The summed E-state index contributed by atoms with van der Waals surface area (Å²) < 4.78 is 7.66. The molecule has 2 aromatic heterocycles. The van der Waals surface area contributed by atoms with Gasteiger partial charge in [0.25, 0.3) is 5.56 Å². The summed E-state index contributed by atoms with van der Waals surface area (Å²) in [6.07, 6.45) is 8.90. The van der Waals surface area contributed by atoms with E-state index >= 15 is 0 Å². The van der Waals surface area contributed by atoms with E-state index in [1.807, 2.05) is 30.5 Å². The lowest BCUT2D eigenvalue weighted by atomic mass is 9.93. The highest BCUT2D eigenvalue weighted by molar-refractivity contribution is 5.87. The minimum atomic E-state index is -0.167. The van der Waals surface area contributed by atoms with Crippen LogP contribution in [0.4, 0.5) is 0 Å². The van der Waals surface area contributed by atoms with E-state index in [0.29, 0.717) is 0 Å². The second-order valence-corrected chi connectivity index (χ2v) is 7.18. The third-order valence-electron chi connectivity index (χ3n) is 5.19. The number of ether oxygens (including phenoxy) is 1. The highest BCUT2D eigenvalue weighted by atomic mass is 16.5.